The van der Waals surface area contributed by atoms with Crippen molar-refractivity contribution >= 4 is 11.9 Å². The van der Waals surface area contributed by atoms with Gasteiger partial charge in [0, 0.05) is 12.5 Å². The van der Waals surface area contributed by atoms with Crippen LogP contribution in [0.2, 0.25) is 0 Å². The molecule has 1 rings (SSSR count). The summed E-state index contributed by atoms with van der Waals surface area (Å²) >= 11 is 0. The van der Waals surface area contributed by atoms with Gasteiger partial charge in [-0.25, -0.2) is 19.4 Å². The molecule has 0 aromatic rings. The lowest BCUT2D eigenvalue weighted by Crippen LogP contribution is -2.08. The Bertz CT molecular complexity index is 696. The first-order chi connectivity index (χ1) is 20.2. The van der Waals surface area contributed by atoms with Crippen molar-refractivity contribution in [3.8, 4) is 0 Å². The Morgan fingerprint density at radius 2 is 0.927 bits per heavy atom. The van der Waals surface area contributed by atoms with Crippen LogP contribution in [-0.4, -0.2) is 11.9 Å². The summed E-state index contributed by atoms with van der Waals surface area (Å²) in [6.45, 7) is 4.53. The molecule has 1 aliphatic rings. The molecule has 0 fully saturated rings. The highest BCUT2D eigenvalue weighted by atomic mass is 17.2. The Balaban J connectivity index is 1.87. The molecule has 0 saturated carbocycles. The highest BCUT2D eigenvalue weighted by Gasteiger charge is 2.34. The molecular weight excluding hydrogens is 512 g/mol. The van der Waals surface area contributed by atoms with Crippen LogP contribution in [0.25, 0.3) is 0 Å². The number of carbonyl (C=O) groups excluding carboxylic acids is 2. The van der Waals surface area contributed by atoms with E-state index in [9.17, 15) is 9.59 Å². The zero-order valence-electron chi connectivity index (χ0n) is 27.0. The molecule has 5 heteroatoms. The lowest BCUT2D eigenvalue weighted by molar-refractivity contribution is -0.252. The van der Waals surface area contributed by atoms with E-state index in [2.05, 4.69) is 23.6 Å². The maximum atomic E-state index is 12.0. The lowest BCUT2D eigenvalue weighted by Gasteiger charge is -2.02. The first-order valence-electron chi connectivity index (χ1n) is 17.7. The topological polar surface area (TPSA) is 65.1 Å². The Labute approximate surface area is 253 Å². The molecule has 41 heavy (non-hydrogen) atoms. The van der Waals surface area contributed by atoms with Crippen LogP contribution in [0.5, 0.6) is 0 Å². The van der Waals surface area contributed by atoms with E-state index in [1.165, 1.54) is 154 Å². The average Bonchev–Trinajstić information content (AvgIpc) is 3.76. The molecular formula is C36H64O5. The summed E-state index contributed by atoms with van der Waals surface area (Å²) in [5.74, 6) is -0.500. The summed E-state index contributed by atoms with van der Waals surface area (Å²) in [5.41, 5.74) is 0. The number of carbonyl (C=O) groups is 2. The van der Waals surface area contributed by atoms with Crippen LogP contribution in [0, 0.1) is 0 Å². The van der Waals surface area contributed by atoms with Crippen LogP contribution in [0.3, 0.4) is 0 Å². The van der Waals surface area contributed by atoms with Crippen molar-refractivity contribution in [1.29, 1.82) is 0 Å². The van der Waals surface area contributed by atoms with Crippen molar-refractivity contribution in [1.82, 2.24) is 0 Å². The van der Waals surface area contributed by atoms with E-state index in [1.807, 2.05) is 0 Å². The first-order valence-corrected chi connectivity index (χ1v) is 17.7. The van der Waals surface area contributed by atoms with Crippen molar-refractivity contribution in [2.75, 3.05) is 0 Å². The fourth-order valence-electron chi connectivity index (χ4n) is 5.33. The van der Waals surface area contributed by atoms with E-state index in [0.717, 1.165) is 32.1 Å². The van der Waals surface area contributed by atoms with Gasteiger partial charge in [-0.15, -0.1) is 0 Å². The van der Waals surface area contributed by atoms with Gasteiger partial charge in [0.2, 0.25) is 0 Å². The van der Waals surface area contributed by atoms with Gasteiger partial charge in [0.15, 0.2) is 5.76 Å². The number of unbranched alkanes of at least 4 members (excludes halogenated alkanes) is 25. The van der Waals surface area contributed by atoms with Gasteiger partial charge in [0.25, 0.3) is 5.76 Å². The van der Waals surface area contributed by atoms with Crippen LogP contribution in [0.1, 0.15) is 194 Å². The molecule has 0 aliphatic carbocycles. The standard InChI is InChI=1S/C36H64O5/c1-3-5-7-9-11-13-15-17-18-20-22-24-26-28-30-32-34(37)40-41-36(38)35-33(39-35)31-29-27-25-23-21-19-16-14-12-10-8-6-4-2/h30,32H,3-29,31H2,1-2H3/b32-30-. The van der Waals surface area contributed by atoms with E-state index in [-0.39, 0.29) is 5.76 Å². The van der Waals surface area contributed by atoms with Gasteiger partial charge >= 0.3 is 11.9 Å². The maximum absolute atomic E-state index is 12.0. The van der Waals surface area contributed by atoms with Gasteiger partial charge in [0.05, 0.1) is 0 Å². The molecule has 0 aromatic heterocycles. The Kier molecular flexibility index (Phi) is 25.7. The van der Waals surface area contributed by atoms with Crippen molar-refractivity contribution in [3.63, 3.8) is 0 Å². The summed E-state index contributed by atoms with van der Waals surface area (Å²) in [6.07, 6.45) is 38.9. The van der Waals surface area contributed by atoms with Gasteiger partial charge in [-0.05, 0) is 19.3 Å². The van der Waals surface area contributed by atoms with Crippen LogP contribution in [0.15, 0.2) is 23.7 Å². The fraction of sp³-hybridized carbons (Fsp3) is 0.833. The zero-order valence-corrected chi connectivity index (χ0v) is 27.0. The normalized spacial score (nSPS) is 12.6. The smallest absolute Gasteiger partial charge is 0.424 e. The van der Waals surface area contributed by atoms with Crippen LogP contribution in [0.4, 0.5) is 0 Å². The number of hydrogen-bond acceptors (Lipinski definition) is 5. The Morgan fingerprint density at radius 3 is 1.37 bits per heavy atom. The second kappa shape index (κ2) is 28.3. The van der Waals surface area contributed by atoms with Crippen molar-refractivity contribution in [2.45, 2.75) is 194 Å². The molecule has 0 bridgehead atoms. The number of ether oxygens (including phenoxy) is 1. The Hall–Kier alpha value is -1.78. The van der Waals surface area contributed by atoms with Gasteiger partial charge in [-0.3, -0.25) is 0 Å². The first kappa shape index (κ1) is 37.2. The third-order valence-corrected chi connectivity index (χ3v) is 8.06. The van der Waals surface area contributed by atoms with E-state index in [1.54, 1.807) is 6.08 Å². The van der Waals surface area contributed by atoms with Crippen LogP contribution in [-0.2, 0) is 24.1 Å². The summed E-state index contributed by atoms with van der Waals surface area (Å²) in [4.78, 5) is 33.0. The zero-order chi connectivity index (χ0) is 29.6. The molecule has 0 radical (unpaired) electrons. The van der Waals surface area contributed by atoms with Crippen LogP contribution < -0.4 is 0 Å². The fourth-order valence-corrected chi connectivity index (χ4v) is 5.33. The molecule has 0 amide bonds. The molecule has 0 aromatic carbocycles. The van der Waals surface area contributed by atoms with Gasteiger partial charge in [-0.1, -0.05) is 174 Å². The SMILES string of the molecule is CCCCCCCCCCCCCCC/C=C\C(=O)OOC(=O)C1=C(CCCCCCCCCCCCCCC)O1. The minimum Gasteiger partial charge on any atom is -0.446 e. The second-order valence-corrected chi connectivity index (χ2v) is 12.1. The van der Waals surface area contributed by atoms with Gasteiger partial charge in [-0.2, -0.15) is 0 Å². The molecule has 5 nitrogen and oxygen atoms in total. The van der Waals surface area contributed by atoms with E-state index in [0.29, 0.717) is 5.76 Å². The third kappa shape index (κ3) is 24.5. The quantitative estimate of drug-likeness (QED) is 0.0368. The van der Waals surface area contributed by atoms with Crippen LogP contribution >= 0.6 is 0 Å². The van der Waals surface area contributed by atoms with Crippen molar-refractivity contribution in [3.05, 3.63) is 23.7 Å². The second-order valence-electron chi connectivity index (χ2n) is 12.1. The summed E-state index contributed by atoms with van der Waals surface area (Å²) in [6, 6.07) is 0. The number of hydrogen-bond donors (Lipinski definition) is 0. The molecule has 0 atom stereocenters. The highest BCUT2D eigenvalue weighted by molar-refractivity contribution is 5.91. The monoisotopic (exact) mass is 576 g/mol. The molecule has 0 N–H and O–H groups in total. The Morgan fingerprint density at radius 1 is 0.537 bits per heavy atom. The predicted octanol–water partition coefficient (Wildman–Crippen LogP) is 11.7. The summed E-state index contributed by atoms with van der Waals surface area (Å²) < 4.78 is 5.26. The van der Waals surface area contributed by atoms with Gasteiger partial charge < -0.3 is 4.74 Å². The van der Waals surface area contributed by atoms with E-state index >= 15 is 0 Å². The maximum Gasteiger partial charge on any atom is 0.424 e. The lowest BCUT2D eigenvalue weighted by atomic mass is 10.0. The number of allylic oxidation sites excluding steroid dienone is 2. The number of rotatable bonds is 30. The van der Waals surface area contributed by atoms with Crippen molar-refractivity contribution < 1.29 is 24.1 Å². The molecule has 1 aliphatic heterocycles. The average molecular weight is 577 g/mol. The van der Waals surface area contributed by atoms with Gasteiger partial charge in [0.1, 0.15) is 0 Å². The minimum absolute atomic E-state index is 0.202. The molecule has 0 spiro atoms. The minimum atomic E-state index is -0.715. The third-order valence-electron chi connectivity index (χ3n) is 8.06. The molecule has 0 saturated heterocycles. The summed E-state index contributed by atoms with van der Waals surface area (Å²) in [5, 5.41) is 0. The highest BCUT2D eigenvalue weighted by Crippen LogP contribution is 2.32. The molecule has 0 unspecified atom stereocenters. The van der Waals surface area contributed by atoms with E-state index in [4.69, 9.17) is 4.74 Å². The predicted molar refractivity (Wildman–Crippen MR) is 170 cm³/mol. The largest absolute Gasteiger partial charge is 0.446 e. The van der Waals surface area contributed by atoms with Crippen molar-refractivity contribution in [2.24, 2.45) is 0 Å². The molecule has 1 heterocycles. The van der Waals surface area contributed by atoms with E-state index < -0.39 is 11.9 Å². The molecule has 238 valence electrons. The summed E-state index contributed by atoms with van der Waals surface area (Å²) in [7, 11) is 0.